The van der Waals surface area contributed by atoms with Crippen LogP contribution in [0, 0.1) is 5.41 Å². The third-order valence-corrected chi connectivity index (χ3v) is 4.15. The van der Waals surface area contributed by atoms with Crippen LogP contribution in [0.3, 0.4) is 0 Å². The predicted octanol–water partition coefficient (Wildman–Crippen LogP) is 3.03. The van der Waals surface area contributed by atoms with Gasteiger partial charge in [-0.25, -0.2) is 14.6 Å². The van der Waals surface area contributed by atoms with Crippen LogP contribution in [-0.4, -0.2) is 26.3 Å². The fraction of sp³-hybridized carbons (Fsp3) is 0.312. The molecule has 0 spiro atoms. The number of nitrogens with zero attached hydrogens (tertiary/aromatic N) is 4. The topological polar surface area (TPSA) is 55.6 Å². The van der Waals surface area contributed by atoms with E-state index in [4.69, 9.17) is 0 Å². The fourth-order valence-corrected chi connectivity index (χ4v) is 2.43. The number of anilines is 1. The number of rotatable bonds is 4. The maximum Gasteiger partial charge on any atom is 0.168 e. The number of hydrogen-bond donors (Lipinski definition) is 1. The smallest absolute Gasteiger partial charge is 0.168 e. The highest BCUT2D eigenvalue weighted by Crippen LogP contribution is 2.44. The van der Waals surface area contributed by atoms with Gasteiger partial charge in [-0.2, -0.15) is 5.10 Å². The summed E-state index contributed by atoms with van der Waals surface area (Å²) >= 11 is 0. The summed E-state index contributed by atoms with van der Waals surface area (Å²) in [4.78, 5) is 8.76. The number of fused-ring (bicyclic) bond motifs is 1. The first-order chi connectivity index (χ1) is 10.3. The van der Waals surface area contributed by atoms with E-state index in [9.17, 15) is 0 Å². The molecule has 106 valence electrons. The van der Waals surface area contributed by atoms with Gasteiger partial charge in [-0.3, -0.25) is 0 Å². The summed E-state index contributed by atoms with van der Waals surface area (Å²) in [5.74, 6) is 0.871. The molecule has 5 nitrogen and oxygen atoms in total. The minimum atomic E-state index is 0.437. The summed E-state index contributed by atoms with van der Waals surface area (Å²) in [5, 5.41) is 8.87. The van der Waals surface area contributed by atoms with Gasteiger partial charge in [0.25, 0.3) is 0 Å². The third kappa shape index (κ3) is 2.24. The van der Waals surface area contributed by atoms with Crippen molar-refractivity contribution in [2.75, 3.05) is 11.9 Å². The van der Waals surface area contributed by atoms with E-state index in [0.717, 1.165) is 29.1 Å². The highest BCUT2D eigenvalue weighted by molar-refractivity contribution is 5.87. The Morgan fingerprint density at radius 1 is 1.19 bits per heavy atom. The standard InChI is InChI=1S/C16H17N5/c1-16(7-8-16)10-17-14-13-9-20-21(15(13)19-11-18-14)12-5-3-2-4-6-12/h2-6,9,11H,7-8,10H2,1H3,(H,17,18,19). The molecule has 21 heavy (non-hydrogen) atoms. The van der Waals surface area contributed by atoms with E-state index in [1.54, 1.807) is 6.33 Å². The average molecular weight is 279 g/mol. The molecule has 5 heteroatoms. The van der Waals surface area contributed by atoms with Gasteiger partial charge in [-0.1, -0.05) is 25.1 Å². The van der Waals surface area contributed by atoms with Gasteiger partial charge >= 0.3 is 0 Å². The molecule has 0 saturated heterocycles. The van der Waals surface area contributed by atoms with Crippen LogP contribution in [0.2, 0.25) is 0 Å². The quantitative estimate of drug-likeness (QED) is 0.797. The molecule has 0 radical (unpaired) electrons. The van der Waals surface area contributed by atoms with E-state index in [1.807, 2.05) is 41.2 Å². The van der Waals surface area contributed by atoms with Crippen LogP contribution in [0.5, 0.6) is 0 Å². The maximum atomic E-state index is 4.46. The van der Waals surface area contributed by atoms with Gasteiger partial charge in [0.2, 0.25) is 0 Å². The fourth-order valence-electron chi connectivity index (χ4n) is 2.43. The maximum absolute atomic E-state index is 4.46. The Balaban J connectivity index is 1.72. The lowest BCUT2D eigenvalue weighted by Gasteiger charge is -2.11. The molecule has 0 atom stereocenters. The summed E-state index contributed by atoms with van der Waals surface area (Å²) in [5.41, 5.74) is 2.28. The van der Waals surface area contributed by atoms with Crippen molar-refractivity contribution in [1.29, 1.82) is 0 Å². The Morgan fingerprint density at radius 2 is 2.00 bits per heavy atom. The van der Waals surface area contributed by atoms with Crippen molar-refractivity contribution in [2.45, 2.75) is 19.8 Å². The van der Waals surface area contributed by atoms with E-state index in [-0.39, 0.29) is 0 Å². The first-order valence-electron chi connectivity index (χ1n) is 7.23. The van der Waals surface area contributed by atoms with E-state index in [2.05, 4.69) is 27.3 Å². The Hall–Kier alpha value is -2.43. The van der Waals surface area contributed by atoms with E-state index in [1.165, 1.54) is 12.8 Å². The average Bonchev–Trinajstić information content (AvgIpc) is 3.10. The SMILES string of the molecule is CC1(CNc2ncnc3c2cnn3-c2ccccc2)CC1. The Kier molecular flexibility index (Phi) is 2.67. The highest BCUT2D eigenvalue weighted by Gasteiger charge is 2.37. The van der Waals surface area contributed by atoms with Crippen LogP contribution < -0.4 is 5.32 Å². The molecule has 2 aromatic heterocycles. The van der Waals surface area contributed by atoms with Crippen LogP contribution >= 0.6 is 0 Å². The second kappa shape index (κ2) is 4.55. The monoisotopic (exact) mass is 279 g/mol. The molecule has 0 aliphatic heterocycles. The second-order valence-corrected chi connectivity index (χ2v) is 6.02. The molecule has 1 aliphatic carbocycles. The zero-order valence-corrected chi connectivity index (χ0v) is 12.0. The second-order valence-electron chi connectivity index (χ2n) is 6.02. The molecule has 1 fully saturated rings. The van der Waals surface area contributed by atoms with Gasteiger partial charge in [0.15, 0.2) is 5.65 Å². The zero-order valence-electron chi connectivity index (χ0n) is 12.0. The number of hydrogen-bond acceptors (Lipinski definition) is 4. The molecule has 2 heterocycles. The van der Waals surface area contributed by atoms with Gasteiger partial charge < -0.3 is 5.32 Å². The van der Waals surface area contributed by atoms with Gasteiger partial charge in [0, 0.05) is 6.54 Å². The predicted molar refractivity (Wildman–Crippen MR) is 82.5 cm³/mol. The largest absolute Gasteiger partial charge is 0.369 e. The molecule has 1 aromatic carbocycles. The Labute approximate surface area is 123 Å². The first-order valence-corrected chi connectivity index (χ1v) is 7.23. The van der Waals surface area contributed by atoms with E-state index in [0.29, 0.717) is 5.41 Å². The van der Waals surface area contributed by atoms with Gasteiger partial charge in [-0.15, -0.1) is 0 Å². The van der Waals surface area contributed by atoms with Gasteiger partial charge in [-0.05, 0) is 30.4 Å². The van der Waals surface area contributed by atoms with Crippen LogP contribution in [-0.2, 0) is 0 Å². The third-order valence-electron chi connectivity index (χ3n) is 4.15. The molecular formula is C16H17N5. The summed E-state index contributed by atoms with van der Waals surface area (Å²) < 4.78 is 1.85. The number of para-hydroxylation sites is 1. The minimum Gasteiger partial charge on any atom is -0.369 e. The molecule has 1 N–H and O–H groups in total. The van der Waals surface area contributed by atoms with Crippen molar-refractivity contribution in [3.63, 3.8) is 0 Å². The van der Waals surface area contributed by atoms with Crippen molar-refractivity contribution < 1.29 is 0 Å². The van der Waals surface area contributed by atoms with Gasteiger partial charge in [0.05, 0.1) is 17.3 Å². The van der Waals surface area contributed by atoms with Crippen LogP contribution in [0.1, 0.15) is 19.8 Å². The molecule has 1 aliphatic rings. The zero-order chi connectivity index (χ0) is 14.3. The summed E-state index contributed by atoms with van der Waals surface area (Å²) in [6.07, 6.45) is 6.01. The molecular weight excluding hydrogens is 262 g/mol. The molecule has 4 rings (SSSR count). The van der Waals surface area contributed by atoms with E-state index >= 15 is 0 Å². The number of aromatic nitrogens is 4. The van der Waals surface area contributed by atoms with Gasteiger partial charge in [0.1, 0.15) is 12.1 Å². The van der Waals surface area contributed by atoms with Crippen LogP contribution in [0.4, 0.5) is 5.82 Å². The van der Waals surface area contributed by atoms with E-state index < -0.39 is 0 Å². The molecule has 0 bridgehead atoms. The van der Waals surface area contributed by atoms with Crippen molar-refractivity contribution >= 4 is 16.9 Å². The summed E-state index contributed by atoms with van der Waals surface area (Å²) in [7, 11) is 0. The van der Waals surface area contributed by atoms with Crippen LogP contribution in [0.15, 0.2) is 42.9 Å². The van der Waals surface area contributed by atoms with Crippen molar-refractivity contribution in [3.8, 4) is 5.69 Å². The van der Waals surface area contributed by atoms with Crippen LogP contribution in [0.25, 0.3) is 16.7 Å². The highest BCUT2D eigenvalue weighted by atomic mass is 15.3. The normalized spacial score (nSPS) is 16.0. The number of benzene rings is 1. The van der Waals surface area contributed by atoms with Crippen molar-refractivity contribution in [1.82, 2.24) is 19.7 Å². The number of nitrogens with one attached hydrogen (secondary N) is 1. The lowest BCUT2D eigenvalue weighted by Crippen LogP contribution is -2.13. The Bertz CT molecular complexity index is 774. The minimum absolute atomic E-state index is 0.437. The lowest BCUT2D eigenvalue weighted by atomic mass is 10.1. The first kappa shape index (κ1) is 12.3. The summed E-state index contributed by atoms with van der Waals surface area (Å²) in [6.45, 7) is 3.25. The summed E-state index contributed by atoms with van der Waals surface area (Å²) in [6, 6.07) is 10.0. The lowest BCUT2D eigenvalue weighted by molar-refractivity contribution is 0.610. The molecule has 3 aromatic rings. The molecule has 1 saturated carbocycles. The molecule has 0 amide bonds. The Morgan fingerprint density at radius 3 is 2.76 bits per heavy atom. The van der Waals surface area contributed by atoms with Crippen molar-refractivity contribution in [2.24, 2.45) is 5.41 Å². The van der Waals surface area contributed by atoms with Crippen molar-refractivity contribution in [3.05, 3.63) is 42.9 Å². The molecule has 0 unspecified atom stereocenters.